The maximum absolute atomic E-state index is 12.3. The van der Waals surface area contributed by atoms with E-state index in [0.717, 1.165) is 17.3 Å². The van der Waals surface area contributed by atoms with Gasteiger partial charge in [0.25, 0.3) is 5.22 Å². The smallest absolute Gasteiger partial charge is 0.277 e. The summed E-state index contributed by atoms with van der Waals surface area (Å²) in [6.45, 7) is 1.74. The molecule has 0 aliphatic heterocycles. The summed E-state index contributed by atoms with van der Waals surface area (Å²) in [6.07, 6.45) is 3.27. The van der Waals surface area contributed by atoms with Crippen LogP contribution in [0.2, 0.25) is 0 Å². The highest BCUT2D eigenvalue weighted by atomic mass is 32.2. The Balaban J connectivity index is 1.64. The molecule has 1 unspecified atom stereocenters. The summed E-state index contributed by atoms with van der Waals surface area (Å²) in [7, 11) is 0. The van der Waals surface area contributed by atoms with Gasteiger partial charge in [-0.1, -0.05) is 17.8 Å². The Kier molecular flexibility index (Phi) is 5.06. The minimum absolute atomic E-state index is 0.219. The van der Waals surface area contributed by atoms with Crippen molar-refractivity contribution in [2.24, 2.45) is 0 Å². The molecule has 0 radical (unpaired) electrons. The molecule has 0 spiro atoms. The van der Waals surface area contributed by atoms with E-state index in [1.165, 1.54) is 0 Å². The van der Waals surface area contributed by atoms with Gasteiger partial charge in [-0.15, -0.1) is 10.2 Å². The topological polar surface area (TPSA) is 105 Å². The molecule has 25 heavy (non-hydrogen) atoms. The number of anilines is 1. The number of carbonyl (C=O) groups is 1. The van der Waals surface area contributed by atoms with Crippen LogP contribution < -0.4 is 5.32 Å². The zero-order valence-corrected chi connectivity index (χ0v) is 14.0. The molecule has 2 aromatic heterocycles. The Labute approximate surface area is 148 Å². The number of thioether (sulfide) groups is 1. The van der Waals surface area contributed by atoms with Gasteiger partial charge in [0, 0.05) is 23.6 Å². The van der Waals surface area contributed by atoms with Crippen LogP contribution in [0.1, 0.15) is 12.5 Å². The first-order valence-corrected chi connectivity index (χ1v) is 8.25. The van der Waals surface area contributed by atoms with Crippen molar-refractivity contribution < 1.29 is 9.21 Å². The van der Waals surface area contributed by atoms with Crippen molar-refractivity contribution in [3.05, 3.63) is 54.4 Å². The molecule has 0 aliphatic rings. The van der Waals surface area contributed by atoms with Crippen LogP contribution in [0.3, 0.4) is 0 Å². The highest BCUT2D eigenvalue weighted by Gasteiger charge is 2.19. The molecule has 3 aromatic rings. The summed E-state index contributed by atoms with van der Waals surface area (Å²) in [5.41, 5.74) is 1.82. The van der Waals surface area contributed by atoms with Gasteiger partial charge in [-0.2, -0.15) is 5.26 Å². The van der Waals surface area contributed by atoms with Gasteiger partial charge in [0.05, 0.1) is 16.9 Å². The number of pyridine rings is 1. The van der Waals surface area contributed by atoms with Crippen LogP contribution >= 0.6 is 11.8 Å². The molecule has 2 heterocycles. The number of rotatable bonds is 5. The average Bonchev–Trinajstić information content (AvgIpc) is 3.11. The first-order chi connectivity index (χ1) is 12.2. The van der Waals surface area contributed by atoms with Crippen molar-refractivity contribution in [2.75, 3.05) is 5.32 Å². The molecule has 1 N–H and O–H groups in total. The largest absolute Gasteiger partial charge is 0.411 e. The Morgan fingerprint density at radius 1 is 1.28 bits per heavy atom. The predicted molar refractivity (Wildman–Crippen MR) is 92.6 cm³/mol. The van der Waals surface area contributed by atoms with E-state index < -0.39 is 5.25 Å². The van der Waals surface area contributed by atoms with E-state index in [4.69, 9.17) is 9.68 Å². The molecular formula is C17H13N5O2S. The molecule has 3 rings (SSSR count). The lowest BCUT2D eigenvalue weighted by Crippen LogP contribution is -2.22. The number of aromatic nitrogens is 3. The van der Waals surface area contributed by atoms with Crippen molar-refractivity contribution in [3.63, 3.8) is 0 Å². The average molecular weight is 351 g/mol. The van der Waals surface area contributed by atoms with Crippen LogP contribution in [-0.4, -0.2) is 26.3 Å². The van der Waals surface area contributed by atoms with Crippen molar-refractivity contribution in [2.45, 2.75) is 17.4 Å². The quantitative estimate of drug-likeness (QED) is 0.704. The van der Waals surface area contributed by atoms with E-state index in [1.807, 2.05) is 6.07 Å². The van der Waals surface area contributed by atoms with Gasteiger partial charge in [0.15, 0.2) is 0 Å². The van der Waals surface area contributed by atoms with Crippen molar-refractivity contribution in [3.8, 4) is 17.5 Å². The number of nitrogens with one attached hydrogen (secondary N) is 1. The first kappa shape index (κ1) is 16.7. The third-order valence-electron chi connectivity index (χ3n) is 3.24. The Bertz CT molecular complexity index is 920. The highest BCUT2D eigenvalue weighted by Crippen LogP contribution is 2.26. The lowest BCUT2D eigenvalue weighted by atomic mass is 10.2. The molecule has 1 aromatic carbocycles. The highest BCUT2D eigenvalue weighted by molar-refractivity contribution is 8.00. The van der Waals surface area contributed by atoms with Gasteiger partial charge in [-0.25, -0.2) is 0 Å². The molecule has 7 nitrogen and oxygen atoms in total. The fourth-order valence-corrected chi connectivity index (χ4v) is 2.67. The summed E-state index contributed by atoms with van der Waals surface area (Å²) in [6, 6.07) is 12.3. The Hall–Kier alpha value is -3.18. The second kappa shape index (κ2) is 7.59. The number of carbonyl (C=O) groups excluding carboxylic acids is 1. The fraction of sp³-hybridized carbons (Fsp3) is 0.118. The van der Waals surface area contributed by atoms with Crippen LogP contribution in [0, 0.1) is 11.3 Å². The molecule has 0 fully saturated rings. The summed E-state index contributed by atoms with van der Waals surface area (Å²) in [4.78, 5) is 16.2. The molecule has 124 valence electrons. The van der Waals surface area contributed by atoms with Crippen molar-refractivity contribution in [1.82, 2.24) is 15.2 Å². The monoisotopic (exact) mass is 351 g/mol. The molecule has 0 saturated carbocycles. The predicted octanol–water partition coefficient (Wildman–Crippen LogP) is 3.12. The van der Waals surface area contributed by atoms with Crippen LogP contribution in [0.25, 0.3) is 11.5 Å². The van der Waals surface area contributed by atoms with Crippen molar-refractivity contribution in [1.29, 1.82) is 5.26 Å². The molecule has 1 atom stereocenters. The van der Waals surface area contributed by atoms with Gasteiger partial charge >= 0.3 is 0 Å². The Morgan fingerprint density at radius 3 is 2.84 bits per heavy atom. The number of hydrogen-bond acceptors (Lipinski definition) is 7. The maximum atomic E-state index is 12.3. The molecule has 0 bridgehead atoms. The van der Waals surface area contributed by atoms with Crippen molar-refractivity contribution >= 4 is 23.4 Å². The van der Waals surface area contributed by atoms with E-state index in [9.17, 15) is 4.79 Å². The van der Waals surface area contributed by atoms with Gasteiger partial charge in [0.2, 0.25) is 11.8 Å². The second-order valence-corrected chi connectivity index (χ2v) is 6.34. The first-order valence-electron chi connectivity index (χ1n) is 7.37. The zero-order valence-electron chi connectivity index (χ0n) is 13.2. The SMILES string of the molecule is CC(Sc1nnc(-c2ccncc2)o1)C(=O)Nc1cccc(C#N)c1. The van der Waals surface area contributed by atoms with Crippen LogP contribution in [-0.2, 0) is 4.79 Å². The normalized spacial score (nSPS) is 11.5. The lowest BCUT2D eigenvalue weighted by Gasteiger charge is -2.09. The number of nitriles is 1. The molecule has 1 amide bonds. The van der Waals surface area contributed by atoms with E-state index in [1.54, 1.807) is 55.7 Å². The molecule has 8 heteroatoms. The molecular weight excluding hydrogens is 338 g/mol. The van der Waals surface area contributed by atoms with E-state index in [0.29, 0.717) is 22.4 Å². The lowest BCUT2D eigenvalue weighted by molar-refractivity contribution is -0.115. The van der Waals surface area contributed by atoms with E-state index in [2.05, 4.69) is 20.5 Å². The van der Waals surface area contributed by atoms with Gasteiger partial charge in [-0.3, -0.25) is 9.78 Å². The summed E-state index contributed by atoms with van der Waals surface area (Å²) < 4.78 is 5.57. The molecule has 0 saturated heterocycles. The van der Waals surface area contributed by atoms with Crippen LogP contribution in [0.15, 0.2) is 58.4 Å². The summed E-state index contributed by atoms with van der Waals surface area (Å²) in [5, 5.41) is 19.4. The summed E-state index contributed by atoms with van der Waals surface area (Å²) in [5.74, 6) is 0.156. The van der Waals surface area contributed by atoms with Gasteiger partial charge in [-0.05, 0) is 37.3 Å². The minimum Gasteiger partial charge on any atom is -0.411 e. The van der Waals surface area contributed by atoms with Gasteiger partial charge in [0.1, 0.15) is 0 Å². The Morgan fingerprint density at radius 2 is 2.08 bits per heavy atom. The summed E-state index contributed by atoms with van der Waals surface area (Å²) >= 11 is 1.16. The third-order valence-corrected chi connectivity index (χ3v) is 4.17. The zero-order chi connectivity index (χ0) is 17.6. The maximum Gasteiger partial charge on any atom is 0.277 e. The number of hydrogen-bond donors (Lipinski definition) is 1. The third kappa shape index (κ3) is 4.22. The van der Waals surface area contributed by atoms with E-state index in [-0.39, 0.29) is 5.91 Å². The number of benzene rings is 1. The standard InChI is InChI=1S/C17H13N5O2S/c1-11(15(23)20-14-4-2-3-12(9-14)10-18)25-17-22-21-16(24-17)13-5-7-19-8-6-13/h2-9,11H,1H3,(H,20,23). The van der Waals surface area contributed by atoms with E-state index >= 15 is 0 Å². The minimum atomic E-state index is -0.448. The van der Waals surface area contributed by atoms with Crippen LogP contribution in [0.5, 0.6) is 0 Å². The fourth-order valence-electron chi connectivity index (χ4n) is 1.98. The van der Waals surface area contributed by atoms with Gasteiger partial charge < -0.3 is 9.73 Å². The molecule has 0 aliphatic carbocycles. The second-order valence-electron chi connectivity index (χ2n) is 5.05. The number of nitrogens with zero attached hydrogens (tertiary/aromatic N) is 4. The number of amides is 1. The van der Waals surface area contributed by atoms with Crippen LogP contribution in [0.4, 0.5) is 5.69 Å².